The minimum Gasteiger partial charge on any atom is -0.319 e. The molecule has 0 amide bonds. The molecule has 0 saturated heterocycles. The largest absolute Gasteiger partial charge is 0.319 e. The van der Waals surface area contributed by atoms with Crippen LogP contribution in [0.2, 0.25) is 5.15 Å². The average Bonchev–Trinajstić information content (AvgIpc) is 2.26. The van der Waals surface area contributed by atoms with E-state index >= 15 is 0 Å². The molecule has 0 unspecified atom stereocenters. The summed E-state index contributed by atoms with van der Waals surface area (Å²) in [5.74, 6) is 5.60. The summed E-state index contributed by atoms with van der Waals surface area (Å²) in [6, 6.07) is 1.32. The number of nitrogens with one attached hydrogen (secondary N) is 1. The second-order valence-corrected chi connectivity index (χ2v) is 3.30. The maximum Gasteiger partial charge on any atom is 0.288 e. The summed E-state index contributed by atoms with van der Waals surface area (Å²) in [6.45, 7) is 0.757. The molecule has 0 fully saturated rings. The van der Waals surface area contributed by atoms with Crippen molar-refractivity contribution in [3.63, 3.8) is 0 Å². The summed E-state index contributed by atoms with van der Waals surface area (Å²) < 4.78 is 0. The van der Waals surface area contributed by atoms with Gasteiger partial charge >= 0.3 is 0 Å². The van der Waals surface area contributed by atoms with Gasteiger partial charge in [0.25, 0.3) is 5.69 Å². The Kier molecular flexibility index (Phi) is 4.70. The van der Waals surface area contributed by atoms with Crippen LogP contribution in [0.4, 0.5) is 5.69 Å². The van der Waals surface area contributed by atoms with E-state index in [0.717, 1.165) is 12.7 Å². The topological polar surface area (TPSA) is 68.1 Å². The van der Waals surface area contributed by atoms with Crippen molar-refractivity contribution in [1.29, 1.82) is 0 Å². The predicted octanol–water partition coefficient (Wildman–Crippen LogP) is 1.60. The van der Waals surface area contributed by atoms with Crippen molar-refractivity contribution in [2.75, 3.05) is 13.6 Å². The molecule has 6 heteroatoms. The van der Waals surface area contributed by atoms with Gasteiger partial charge in [-0.05, 0) is 7.05 Å². The molecular formula is C10H10ClN3O2. The van der Waals surface area contributed by atoms with Crippen LogP contribution in [-0.2, 0) is 0 Å². The second kappa shape index (κ2) is 6.05. The van der Waals surface area contributed by atoms with Crippen LogP contribution in [0, 0.1) is 22.0 Å². The minimum atomic E-state index is -0.526. The molecule has 0 aromatic carbocycles. The van der Waals surface area contributed by atoms with Gasteiger partial charge in [0.1, 0.15) is 11.3 Å². The SMILES string of the molecule is CNCCC#Cc1cc([N+](=O)[O-])cnc1Cl. The molecule has 84 valence electrons. The minimum absolute atomic E-state index is 0.109. The summed E-state index contributed by atoms with van der Waals surface area (Å²) in [5.41, 5.74) is 0.272. The first-order valence-electron chi connectivity index (χ1n) is 4.58. The number of halogens is 1. The zero-order chi connectivity index (χ0) is 12.0. The van der Waals surface area contributed by atoms with Crippen molar-refractivity contribution in [2.24, 2.45) is 0 Å². The van der Waals surface area contributed by atoms with E-state index < -0.39 is 4.92 Å². The van der Waals surface area contributed by atoms with Gasteiger partial charge in [0, 0.05) is 19.0 Å². The Morgan fingerprint density at radius 2 is 2.44 bits per heavy atom. The number of hydrogen-bond acceptors (Lipinski definition) is 4. The number of aromatic nitrogens is 1. The standard InChI is InChI=1S/C10H10ClN3O2/c1-12-5-3-2-4-8-6-9(14(15)16)7-13-10(8)11/h6-7,12H,3,5H2,1H3. The van der Waals surface area contributed by atoms with Crippen molar-refractivity contribution in [1.82, 2.24) is 10.3 Å². The van der Waals surface area contributed by atoms with E-state index in [-0.39, 0.29) is 10.8 Å². The highest BCUT2D eigenvalue weighted by Crippen LogP contribution is 2.17. The lowest BCUT2D eigenvalue weighted by atomic mass is 10.2. The molecular weight excluding hydrogens is 230 g/mol. The fraction of sp³-hybridized carbons (Fsp3) is 0.300. The first-order valence-corrected chi connectivity index (χ1v) is 4.96. The number of pyridine rings is 1. The molecule has 0 atom stereocenters. The molecule has 1 rings (SSSR count). The van der Waals surface area contributed by atoms with Gasteiger partial charge in [-0.1, -0.05) is 23.4 Å². The molecule has 1 aromatic rings. The molecule has 0 bridgehead atoms. The van der Waals surface area contributed by atoms with Crippen molar-refractivity contribution in [3.8, 4) is 11.8 Å². The molecule has 0 aliphatic rings. The van der Waals surface area contributed by atoms with Crippen LogP contribution in [0.25, 0.3) is 0 Å². The first kappa shape index (κ1) is 12.4. The van der Waals surface area contributed by atoms with Gasteiger partial charge in [0.15, 0.2) is 0 Å². The number of rotatable bonds is 3. The Hall–Kier alpha value is -1.64. The third-order valence-corrected chi connectivity index (χ3v) is 2.06. The quantitative estimate of drug-likeness (QED) is 0.286. The molecule has 5 nitrogen and oxygen atoms in total. The normalized spacial score (nSPS) is 9.38. The summed E-state index contributed by atoms with van der Waals surface area (Å²) in [5, 5.41) is 13.6. The van der Waals surface area contributed by atoms with Crippen molar-refractivity contribution in [2.45, 2.75) is 6.42 Å². The van der Waals surface area contributed by atoms with Crippen LogP contribution in [0.1, 0.15) is 12.0 Å². The fourth-order valence-corrected chi connectivity index (χ4v) is 1.12. The molecule has 0 aliphatic carbocycles. The van der Waals surface area contributed by atoms with E-state index in [2.05, 4.69) is 22.1 Å². The van der Waals surface area contributed by atoms with Crippen LogP contribution in [0.15, 0.2) is 12.3 Å². The van der Waals surface area contributed by atoms with Crippen molar-refractivity contribution < 1.29 is 4.92 Å². The Morgan fingerprint density at radius 1 is 1.69 bits per heavy atom. The van der Waals surface area contributed by atoms with Gasteiger partial charge in [0.2, 0.25) is 0 Å². The van der Waals surface area contributed by atoms with Gasteiger partial charge in [0.05, 0.1) is 10.5 Å². The molecule has 16 heavy (non-hydrogen) atoms. The monoisotopic (exact) mass is 239 g/mol. The highest BCUT2D eigenvalue weighted by atomic mass is 35.5. The van der Waals surface area contributed by atoms with E-state index in [4.69, 9.17) is 11.6 Å². The van der Waals surface area contributed by atoms with E-state index in [1.165, 1.54) is 6.07 Å². The molecule has 0 radical (unpaired) electrons. The first-order chi connectivity index (χ1) is 7.65. The maximum absolute atomic E-state index is 10.5. The van der Waals surface area contributed by atoms with Gasteiger partial charge in [-0.3, -0.25) is 10.1 Å². The Morgan fingerprint density at radius 3 is 3.06 bits per heavy atom. The number of nitro groups is 1. The molecule has 0 spiro atoms. The molecule has 0 aliphatic heterocycles. The molecule has 1 heterocycles. The predicted molar refractivity (Wildman–Crippen MR) is 61.3 cm³/mol. The van der Waals surface area contributed by atoms with Crippen molar-refractivity contribution in [3.05, 3.63) is 33.1 Å². The number of hydrogen-bond donors (Lipinski definition) is 1. The van der Waals surface area contributed by atoms with Crippen molar-refractivity contribution >= 4 is 17.3 Å². The second-order valence-electron chi connectivity index (χ2n) is 2.94. The lowest BCUT2D eigenvalue weighted by molar-refractivity contribution is -0.385. The van der Waals surface area contributed by atoms with Gasteiger partial charge in [-0.2, -0.15) is 0 Å². The molecule has 1 N–H and O–H groups in total. The van der Waals surface area contributed by atoms with Crippen LogP contribution in [0.5, 0.6) is 0 Å². The zero-order valence-electron chi connectivity index (χ0n) is 8.66. The summed E-state index contributed by atoms with van der Waals surface area (Å²) in [7, 11) is 1.82. The van der Waals surface area contributed by atoms with Crippen LogP contribution < -0.4 is 5.32 Å². The van der Waals surface area contributed by atoms with Gasteiger partial charge in [-0.15, -0.1) is 0 Å². The lowest BCUT2D eigenvalue weighted by Crippen LogP contribution is -2.05. The highest BCUT2D eigenvalue weighted by Gasteiger charge is 2.09. The lowest BCUT2D eigenvalue weighted by Gasteiger charge is -1.95. The average molecular weight is 240 g/mol. The smallest absolute Gasteiger partial charge is 0.288 e. The highest BCUT2D eigenvalue weighted by molar-refractivity contribution is 6.30. The summed E-state index contributed by atoms with van der Waals surface area (Å²) in [6.07, 6.45) is 1.76. The van der Waals surface area contributed by atoms with E-state index in [1.54, 1.807) is 0 Å². The Labute approximate surface area is 98.0 Å². The van der Waals surface area contributed by atoms with Crippen LogP contribution >= 0.6 is 11.6 Å². The zero-order valence-corrected chi connectivity index (χ0v) is 9.41. The van der Waals surface area contributed by atoms with E-state index in [0.29, 0.717) is 12.0 Å². The summed E-state index contributed by atoms with van der Waals surface area (Å²) >= 11 is 5.76. The Bertz CT molecular complexity index is 451. The van der Waals surface area contributed by atoms with E-state index in [9.17, 15) is 10.1 Å². The fourth-order valence-electron chi connectivity index (χ4n) is 0.970. The van der Waals surface area contributed by atoms with Gasteiger partial charge < -0.3 is 5.32 Å². The molecule has 1 aromatic heterocycles. The third-order valence-electron chi connectivity index (χ3n) is 1.76. The summed E-state index contributed by atoms with van der Waals surface area (Å²) in [4.78, 5) is 13.7. The molecule has 0 saturated carbocycles. The van der Waals surface area contributed by atoms with Crippen LogP contribution in [-0.4, -0.2) is 23.5 Å². The maximum atomic E-state index is 10.5. The van der Waals surface area contributed by atoms with E-state index in [1.807, 2.05) is 7.05 Å². The third kappa shape index (κ3) is 3.50. The van der Waals surface area contributed by atoms with Gasteiger partial charge in [-0.25, -0.2) is 4.98 Å². The van der Waals surface area contributed by atoms with Crippen LogP contribution in [0.3, 0.4) is 0 Å². The number of nitrogens with zero attached hydrogens (tertiary/aromatic N) is 2. The Balaban J connectivity index is 2.88.